The van der Waals surface area contributed by atoms with E-state index in [-0.39, 0.29) is 20.4 Å². The van der Waals surface area contributed by atoms with Gasteiger partial charge in [0.15, 0.2) is 23.0 Å². The summed E-state index contributed by atoms with van der Waals surface area (Å²) < 4.78 is 32.5. The van der Waals surface area contributed by atoms with Crippen molar-refractivity contribution in [1.29, 1.82) is 0 Å². The molecule has 0 unspecified atom stereocenters. The first-order valence-electron chi connectivity index (χ1n) is 6.44. The number of para-hydroxylation sites is 2. The maximum absolute atomic E-state index is 5.59. The molecule has 108 valence electrons. The minimum atomic E-state index is 0.0274. The molecular weight excluding hydrogens is 276 g/mol. The Morgan fingerprint density at radius 3 is 1.76 bits per heavy atom. The molecule has 0 amide bonds. The largest absolute Gasteiger partial charge is 0.453 e. The van der Waals surface area contributed by atoms with E-state index >= 15 is 0 Å². The highest BCUT2D eigenvalue weighted by Crippen LogP contribution is 2.42. The highest BCUT2D eigenvalue weighted by Gasteiger charge is 2.20. The first kappa shape index (κ1) is 12.0. The van der Waals surface area contributed by atoms with Crippen LogP contribution in [0.15, 0.2) is 36.4 Å². The molecule has 2 aromatic rings. The Labute approximate surface area is 120 Å². The van der Waals surface area contributed by atoms with Crippen LogP contribution in [0, 0.1) is 0 Å². The zero-order chi connectivity index (χ0) is 14.1. The third-order valence-electron chi connectivity index (χ3n) is 3.15. The van der Waals surface area contributed by atoms with Crippen molar-refractivity contribution < 1.29 is 28.4 Å². The Bertz CT molecular complexity index is 612. The zero-order valence-corrected chi connectivity index (χ0v) is 11.0. The Kier molecular flexibility index (Phi) is 2.85. The van der Waals surface area contributed by atoms with E-state index in [1.54, 1.807) is 12.1 Å². The number of fused-ring (bicyclic) bond motifs is 2. The third kappa shape index (κ3) is 2.14. The molecule has 2 heterocycles. The number of benzene rings is 2. The van der Waals surface area contributed by atoms with Crippen molar-refractivity contribution in [3.63, 3.8) is 0 Å². The van der Waals surface area contributed by atoms with E-state index in [9.17, 15) is 0 Å². The summed E-state index contributed by atoms with van der Waals surface area (Å²) in [5.41, 5.74) is 0. The lowest BCUT2D eigenvalue weighted by atomic mass is 10.3. The van der Waals surface area contributed by atoms with E-state index in [1.165, 1.54) is 0 Å². The van der Waals surface area contributed by atoms with Crippen LogP contribution >= 0.6 is 0 Å². The topological polar surface area (TPSA) is 55.4 Å². The fourth-order valence-electron chi connectivity index (χ4n) is 2.19. The van der Waals surface area contributed by atoms with Crippen LogP contribution in [0.3, 0.4) is 0 Å². The van der Waals surface area contributed by atoms with E-state index in [0.717, 1.165) is 0 Å². The molecule has 0 spiro atoms. The molecular formula is C15H12O6. The second kappa shape index (κ2) is 4.97. The first-order valence-corrected chi connectivity index (χ1v) is 6.44. The van der Waals surface area contributed by atoms with Crippen LogP contribution in [0.5, 0.6) is 34.5 Å². The Hall–Kier alpha value is -2.76. The monoisotopic (exact) mass is 288 g/mol. The van der Waals surface area contributed by atoms with E-state index in [0.29, 0.717) is 34.5 Å². The number of ether oxygens (including phenoxy) is 6. The molecule has 2 aliphatic rings. The Morgan fingerprint density at radius 1 is 0.714 bits per heavy atom. The lowest BCUT2D eigenvalue weighted by Gasteiger charge is -2.11. The molecule has 2 aliphatic heterocycles. The highest BCUT2D eigenvalue weighted by atomic mass is 16.7. The fraction of sp³-hybridized carbons (Fsp3) is 0.200. The lowest BCUT2D eigenvalue weighted by Crippen LogP contribution is -2.06. The van der Waals surface area contributed by atoms with Gasteiger partial charge in [0.05, 0.1) is 0 Å². The van der Waals surface area contributed by atoms with Gasteiger partial charge < -0.3 is 28.4 Å². The normalized spacial score (nSPS) is 14.1. The van der Waals surface area contributed by atoms with Crippen molar-refractivity contribution in [2.75, 3.05) is 20.4 Å². The van der Waals surface area contributed by atoms with Gasteiger partial charge in [-0.3, -0.25) is 0 Å². The summed E-state index contributed by atoms with van der Waals surface area (Å²) in [5.74, 6) is 3.69. The maximum Gasteiger partial charge on any atom is 0.231 e. The van der Waals surface area contributed by atoms with Gasteiger partial charge in [-0.2, -0.15) is 0 Å². The van der Waals surface area contributed by atoms with E-state index < -0.39 is 0 Å². The molecule has 0 saturated carbocycles. The summed E-state index contributed by atoms with van der Waals surface area (Å²) in [6.07, 6.45) is 0. The molecule has 0 bridgehead atoms. The molecule has 4 rings (SSSR count). The number of rotatable bonds is 4. The van der Waals surface area contributed by atoms with Crippen molar-refractivity contribution in [2.24, 2.45) is 0 Å². The van der Waals surface area contributed by atoms with Crippen LogP contribution in [-0.4, -0.2) is 20.4 Å². The van der Waals surface area contributed by atoms with Crippen LogP contribution in [0.2, 0.25) is 0 Å². The summed E-state index contributed by atoms with van der Waals surface area (Å²) in [5, 5.41) is 0. The van der Waals surface area contributed by atoms with Gasteiger partial charge in [0, 0.05) is 0 Å². The first-order chi connectivity index (χ1) is 10.4. The molecule has 0 aromatic heterocycles. The average molecular weight is 288 g/mol. The predicted molar refractivity (Wildman–Crippen MR) is 71.3 cm³/mol. The van der Waals surface area contributed by atoms with Crippen molar-refractivity contribution in [3.05, 3.63) is 36.4 Å². The molecule has 0 aliphatic carbocycles. The lowest BCUT2D eigenvalue weighted by molar-refractivity contribution is 0.107. The molecule has 0 fully saturated rings. The second-order valence-electron chi connectivity index (χ2n) is 4.39. The minimum absolute atomic E-state index is 0.0274. The quantitative estimate of drug-likeness (QED) is 0.806. The average Bonchev–Trinajstić information content (AvgIpc) is 3.16. The molecule has 0 saturated heterocycles. The van der Waals surface area contributed by atoms with Crippen molar-refractivity contribution >= 4 is 0 Å². The van der Waals surface area contributed by atoms with Gasteiger partial charge in [-0.1, -0.05) is 12.1 Å². The van der Waals surface area contributed by atoms with Crippen LogP contribution in [0.1, 0.15) is 0 Å². The minimum Gasteiger partial charge on any atom is -0.453 e. The Morgan fingerprint density at radius 2 is 1.24 bits per heavy atom. The van der Waals surface area contributed by atoms with Gasteiger partial charge in [0.2, 0.25) is 31.9 Å². The number of hydrogen-bond acceptors (Lipinski definition) is 6. The summed E-state index contributed by atoms with van der Waals surface area (Å²) in [6.45, 7) is 0.432. The molecule has 6 heteroatoms. The van der Waals surface area contributed by atoms with E-state index in [4.69, 9.17) is 28.4 Å². The van der Waals surface area contributed by atoms with Gasteiger partial charge >= 0.3 is 0 Å². The van der Waals surface area contributed by atoms with Gasteiger partial charge in [-0.25, -0.2) is 0 Å². The Balaban J connectivity index is 1.45. The number of hydrogen-bond donors (Lipinski definition) is 0. The van der Waals surface area contributed by atoms with Crippen LogP contribution in [-0.2, 0) is 0 Å². The van der Waals surface area contributed by atoms with Crippen LogP contribution < -0.4 is 28.4 Å². The van der Waals surface area contributed by atoms with Gasteiger partial charge in [-0.05, 0) is 24.3 Å². The van der Waals surface area contributed by atoms with Crippen LogP contribution in [0.4, 0.5) is 0 Å². The van der Waals surface area contributed by atoms with Crippen molar-refractivity contribution in [1.82, 2.24) is 0 Å². The predicted octanol–water partition coefficient (Wildman–Crippen LogP) is 2.56. The molecule has 6 nitrogen and oxygen atoms in total. The smallest absolute Gasteiger partial charge is 0.231 e. The molecule has 2 aromatic carbocycles. The highest BCUT2D eigenvalue weighted by molar-refractivity contribution is 5.53. The van der Waals surface area contributed by atoms with Gasteiger partial charge in [-0.15, -0.1) is 0 Å². The van der Waals surface area contributed by atoms with E-state index in [2.05, 4.69) is 0 Å². The fourth-order valence-corrected chi connectivity index (χ4v) is 2.19. The van der Waals surface area contributed by atoms with Crippen molar-refractivity contribution in [2.45, 2.75) is 0 Å². The van der Waals surface area contributed by atoms with Crippen LogP contribution in [0.25, 0.3) is 0 Å². The molecule has 0 N–H and O–H groups in total. The standard InChI is InChI=1S/C15H12O6/c1-3-10(14-12(5-1)18-8-20-14)16-7-17-11-4-2-6-13-15(11)21-9-19-13/h1-6H,7-9H2. The van der Waals surface area contributed by atoms with E-state index in [1.807, 2.05) is 24.3 Å². The summed E-state index contributed by atoms with van der Waals surface area (Å²) >= 11 is 0. The van der Waals surface area contributed by atoms with Gasteiger partial charge in [0.1, 0.15) is 0 Å². The SMILES string of the molecule is c1cc(OCOc2cccc3c2OCO3)c2c(c1)OCO2. The second-order valence-corrected chi connectivity index (χ2v) is 4.39. The molecule has 0 atom stereocenters. The summed E-state index contributed by atoms with van der Waals surface area (Å²) in [7, 11) is 0. The maximum atomic E-state index is 5.59. The van der Waals surface area contributed by atoms with Gasteiger partial charge in [0.25, 0.3) is 0 Å². The zero-order valence-electron chi connectivity index (χ0n) is 11.0. The third-order valence-corrected chi connectivity index (χ3v) is 3.15. The van der Waals surface area contributed by atoms with Crippen molar-refractivity contribution in [3.8, 4) is 34.5 Å². The summed E-state index contributed by atoms with van der Waals surface area (Å²) in [4.78, 5) is 0. The summed E-state index contributed by atoms with van der Waals surface area (Å²) in [6, 6.07) is 10.9. The molecule has 21 heavy (non-hydrogen) atoms. The molecule has 0 radical (unpaired) electrons.